The van der Waals surface area contributed by atoms with Gasteiger partial charge in [-0.05, 0) is 44.0 Å². The van der Waals surface area contributed by atoms with Gasteiger partial charge in [-0.2, -0.15) is 0 Å². The molecule has 21 heavy (non-hydrogen) atoms. The maximum atomic E-state index is 6.32. The highest BCUT2D eigenvalue weighted by molar-refractivity contribution is 7.16. The van der Waals surface area contributed by atoms with Gasteiger partial charge in [-0.15, -0.1) is 11.3 Å². The van der Waals surface area contributed by atoms with Crippen LogP contribution in [0.1, 0.15) is 42.3 Å². The van der Waals surface area contributed by atoms with E-state index in [4.69, 9.17) is 17.3 Å². The quantitative estimate of drug-likeness (QED) is 0.890. The molecule has 4 heteroatoms. The molecule has 0 amide bonds. The molecule has 1 saturated heterocycles. The van der Waals surface area contributed by atoms with Crippen LogP contribution in [0.25, 0.3) is 0 Å². The molecule has 1 fully saturated rings. The molecule has 1 aliphatic heterocycles. The topological polar surface area (TPSA) is 29.3 Å². The van der Waals surface area contributed by atoms with Crippen LogP contribution in [0.15, 0.2) is 42.5 Å². The van der Waals surface area contributed by atoms with Gasteiger partial charge in [0.2, 0.25) is 0 Å². The van der Waals surface area contributed by atoms with Crippen molar-refractivity contribution in [1.82, 2.24) is 4.90 Å². The van der Waals surface area contributed by atoms with E-state index >= 15 is 0 Å². The lowest BCUT2D eigenvalue weighted by atomic mass is 10.0. The molecule has 3 rings (SSSR count). The highest BCUT2D eigenvalue weighted by Gasteiger charge is 2.35. The van der Waals surface area contributed by atoms with E-state index in [2.05, 4.69) is 48.2 Å². The first-order valence-electron chi connectivity index (χ1n) is 7.48. The van der Waals surface area contributed by atoms with Crippen LogP contribution in [0.3, 0.4) is 0 Å². The Morgan fingerprint density at radius 2 is 2.00 bits per heavy atom. The van der Waals surface area contributed by atoms with Gasteiger partial charge >= 0.3 is 0 Å². The van der Waals surface area contributed by atoms with Crippen LogP contribution in [0, 0.1) is 0 Å². The lowest BCUT2D eigenvalue weighted by Gasteiger charge is -2.35. The van der Waals surface area contributed by atoms with Gasteiger partial charge in [-0.1, -0.05) is 41.9 Å². The standard InChI is InChI=1S/C17H21ClN2S/c1-12(19)17(15-9-10-16(18)21-15)20-11-5-8-14(20)13-6-3-2-4-7-13/h2-4,6-7,9-10,12,14,17H,5,8,11,19H2,1H3. The fourth-order valence-corrected chi connectivity index (χ4v) is 4.67. The second-order valence-corrected chi connectivity index (χ2v) is 7.50. The van der Waals surface area contributed by atoms with Crippen molar-refractivity contribution < 1.29 is 0 Å². The van der Waals surface area contributed by atoms with Crippen LogP contribution in [0.4, 0.5) is 0 Å². The first-order chi connectivity index (χ1) is 10.2. The predicted molar refractivity (Wildman–Crippen MR) is 90.8 cm³/mol. The van der Waals surface area contributed by atoms with Crippen molar-refractivity contribution in [3.05, 3.63) is 57.2 Å². The van der Waals surface area contributed by atoms with Gasteiger partial charge in [0.25, 0.3) is 0 Å². The largest absolute Gasteiger partial charge is 0.326 e. The zero-order valence-electron chi connectivity index (χ0n) is 12.2. The van der Waals surface area contributed by atoms with Crippen LogP contribution in [-0.4, -0.2) is 17.5 Å². The van der Waals surface area contributed by atoms with Crippen LogP contribution >= 0.6 is 22.9 Å². The number of likely N-dealkylation sites (tertiary alicyclic amines) is 1. The van der Waals surface area contributed by atoms with Crippen molar-refractivity contribution in [2.45, 2.75) is 37.9 Å². The number of halogens is 1. The third-order valence-corrected chi connectivity index (χ3v) is 5.52. The summed E-state index contributed by atoms with van der Waals surface area (Å²) in [6.07, 6.45) is 2.42. The maximum Gasteiger partial charge on any atom is 0.0931 e. The van der Waals surface area contributed by atoms with E-state index < -0.39 is 0 Å². The Balaban J connectivity index is 1.91. The predicted octanol–water partition coefficient (Wildman–Crippen LogP) is 4.63. The Bertz CT molecular complexity index is 581. The summed E-state index contributed by atoms with van der Waals surface area (Å²) < 4.78 is 0.839. The van der Waals surface area contributed by atoms with Crippen molar-refractivity contribution in [3.63, 3.8) is 0 Å². The summed E-state index contributed by atoms with van der Waals surface area (Å²) in [6.45, 7) is 3.19. The molecule has 1 aromatic heterocycles. The third kappa shape index (κ3) is 3.16. The molecule has 112 valence electrons. The van der Waals surface area contributed by atoms with Crippen molar-refractivity contribution in [3.8, 4) is 0 Å². The molecule has 1 aromatic carbocycles. The molecule has 0 aliphatic carbocycles. The normalized spacial score (nSPS) is 22.3. The van der Waals surface area contributed by atoms with Crippen molar-refractivity contribution in [1.29, 1.82) is 0 Å². The molecule has 0 saturated carbocycles. The summed E-state index contributed by atoms with van der Waals surface area (Å²) in [5, 5.41) is 0. The molecule has 3 unspecified atom stereocenters. The number of benzene rings is 1. The fraction of sp³-hybridized carbons (Fsp3) is 0.412. The Labute approximate surface area is 135 Å². The van der Waals surface area contributed by atoms with E-state index in [-0.39, 0.29) is 12.1 Å². The number of nitrogens with zero attached hydrogens (tertiary/aromatic N) is 1. The minimum atomic E-state index is 0.0871. The van der Waals surface area contributed by atoms with Crippen molar-refractivity contribution >= 4 is 22.9 Å². The summed E-state index contributed by atoms with van der Waals surface area (Å²) in [6, 6.07) is 15.7. The van der Waals surface area contributed by atoms with Crippen LogP contribution in [0.2, 0.25) is 4.34 Å². The van der Waals surface area contributed by atoms with E-state index in [1.54, 1.807) is 11.3 Å². The second kappa shape index (κ2) is 6.49. The summed E-state index contributed by atoms with van der Waals surface area (Å²) >= 11 is 7.78. The Morgan fingerprint density at radius 1 is 1.24 bits per heavy atom. The third-order valence-electron chi connectivity index (χ3n) is 4.22. The molecule has 2 heterocycles. The molecule has 0 bridgehead atoms. The van der Waals surface area contributed by atoms with Gasteiger partial charge in [-0.3, -0.25) is 4.90 Å². The molecule has 0 radical (unpaired) electrons. The van der Waals surface area contributed by atoms with Gasteiger partial charge in [0, 0.05) is 17.0 Å². The molecular formula is C17H21ClN2S. The van der Waals surface area contributed by atoms with E-state index in [9.17, 15) is 0 Å². The summed E-state index contributed by atoms with van der Waals surface area (Å²) in [4.78, 5) is 3.83. The highest BCUT2D eigenvalue weighted by Crippen LogP contribution is 2.41. The van der Waals surface area contributed by atoms with E-state index in [1.807, 2.05) is 6.07 Å². The zero-order chi connectivity index (χ0) is 14.8. The Morgan fingerprint density at radius 3 is 2.62 bits per heavy atom. The van der Waals surface area contributed by atoms with Gasteiger partial charge in [0.1, 0.15) is 0 Å². The lowest BCUT2D eigenvalue weighted by molar-refractivity contribution is 0.164. The number of nitrogens with two attached hydrogens (primary N) is 1. The highest BCUT2D eigenvalue weighted by atomic mass is 35.5. The van der Waals surface area contributed by atoms with Gasteiger partial charge < -0.3 is 5.73 Å². The van der Waals surface area contributed by atoms with E-state index in [0.717, 1.165) is 10.9 Å². The van der Waals surface area contributed by atoms with Gasteiger partial charge in [0.05, 0.1) is 10.4 Å². The Kier molecular flexibility index (Phi) is 4.65. The SMILES string of the molecule is CC(N)C(c1ccc(Cl)s1)N1CCCC1c1ccccc1. The van der Waals surface area contributed by atoms with Crippen molar-refractivity contribution in [2.75, 3.05) is 6.54 Å². The Hall–Kier alpha value is -0.870. The van der Waals surface area contributed by atoms with Crippen LogP contribution in [0.5, 0.6) is 0 Å². The second-order valence-electron chi connectivity index (χ2n) is 5.75. The molecule has 3 atom stereocenters. The lowest BCUT2D eigenvalue weighted by Crippen LogP contribution is -2.38. The average Bonchev–Trinajstić information content (AvgIpc) is 3.10. The van der Waals surface area contributed by atoms with Crippen molar-refractivity contribution in [2.24, 2.45) is 5.73 Å². The molecule has 1 aliphatic rings. The molecular weight excluding hydrogens is 300 g/mol. The minimum Gasteiger partial charge on any atom is -0.326 e. The summed E-state index contributed by atoms with van der Waals surface area (Å²) in [5.74, 6) is 0. The zero-order valence-corrected chi connectivity index (χ0v) is 13.8. The average molecular weight is 321 g/mol. The number of rotatable bonds is 4. The molecule has 2 nitrogen and oxygen atoms in total. The van der Waals surface area contributed by atoms with E-state index in [0.29, 0.717) is 6.04 Å². The molecule has 2 aromatic rings. The van der Waals surface area contributed by atoms with Gasteiger partial charge in [0.15, 0.2) is 0 Å². The minimum absolute atomic E-state index is 0.0871. The first kappa shape index (κ1) is 15.0. The summed E-state index contributed by atoms with van der Waals surface area (Å²) in [7, 11) is 0. The smallest absolute Gasteiger partial charge is 0.0931 e. The van der Waals surface area contributed by atoms with Gasteiger partial charge in [-0.25, -0.2) is 0 Å². The molecule has 2 N–H and O–H groups in total. The molecule has 0 spiro atoms. The monoisotopic (exact) mass is 320 g/mol. The summed E-state index contributed by atoms with van der Waals surface area (Å²) in [5.41, 5.74) is 7.71. The van der Waals surface area contributed by atoms with Crippen LogP contribution in [-0.2, 0) is 0 Å². The first-order valence-corrected chi connectivity index (χ1v) is 8.68. The number of thiophene rings is 1. The van der Waals surface area contributed by atoms with E-state index in [1.165, 1.54) is 23.3 Å². The number of hydrogen-bond acceptors (Lipinski definition) is 3. The number of hydrogen-bond donors (Lipinski definition) is 1. The fourth-order valence-electron chi connectivity index (χ4n) is 3.37. The maximum absolute atomic E-state index is 6.32. The van der Waals surface area contributed by atoms with Crippen LogP contribution < -0.4 is 5.73 Å².